The Hall–Kier alpha value is -3.81. The summed E-state index contributed by atoms with van der Waals surface area (Å²) in [6, 6.07) is 8.05. The SMILES string of the molecule is CC(=O)O[C@H]1C[C@@]2(O)[C@@H](OC(=O)c3ccccc3)[C@@H]3[C@]4(OC(C)=O)CO[C@@H]4C[C@H](OC(C)=O)[C@@]3(C)[C@@H](O)[C@H](OC(C)=O)C(=C1C)C2(C)C. The van der Waals surface area contributed by atoms with Crippen molar-refractivity contribution in [1.82, 2.24) is 0 Å². The fraction of sp³-hybridized carbons (Fsp3) is 0.629. The molecule has 3 fully saturated rings. The first-order valence-electron chi connectivity index (χ1n) is 16.0. The summed E-state index contributed by atoms with van der Waals surface area (Å²) in [4.78, 5) is 64.6. The van der Waals surface area contributed by atoms with E-state index in [0.717, 1.165) is 6.92 Å². The van der Waals surface area contributed by atoms with Gasteiger partial charge in [0.1, 0.15) is 36.1 Å². The zero-order chi connectivity index (χ0) is 35.6. The van der Waals surface area contributed by atoms with Crippen molar-refractivity contribution in [3.05, 3.63) is 47.0 Å². The van der Waals surface area contributed by atoms with Crippen LogP contribution in [0.2, 0.25) is 0 Å². The van der Waals surface area contributed by atoms with E-state index >= 15 is 0 Å². The summed E-state index contributed by atoms with van der Waals surface area (Å²) >= 11 is 0. The van der Waals surface area contributed by atoms with Crippen molar-refractivity contribution in [3.63, 3.8) is 0 Å². The summed E-state index contributed by atoms with van der Waals surface area (Å²) in [6.45, 7) is 11.1. The van der Waals surface area contributed by atoms with Gasteiger partial charge < -0.3 is 38.6 Å². The van der Waals surface area contributed by atoms with Crippen LogP contribution in [0, 0.1) is 16.7 Å². The van der Waals surface area contributed by atoms with Gasteiger partial charge in [-0.1, -0.05) is 39.0 Å². The Morgan fingerprint density at radius 3 is 1.98 bits per heavy atom. The van der Waals surface area contributed by atoms with Crippen molar-refractivity contribution >= 4 is 29.8 Å². The van der Waals surface area contributed by atoms with Crippen molar-refractivity contribution in [1.29, 1.82) is 0 Å². The van der Waals surface area contributed by atoms with E-state index in [-0.39, 0.29) is 30.6 Å². The highest BCUT2D eigenvalue weighted by molar-refractivity contribution is 5.89. The van der Waals surface area contributed by atoms with Crippen molar-refractivity contribution in [2.75, 3.05) is 6.61 Å². The van der Waals surface area contributed by atoms with Gasteiger partial charge in [-0.3, -0.25) is 19.2 Å². The van der Waals surface area contributed by atoms with Crippen LogP contribution in [0.5, 0.6) is 0 Å². The quantitative estimate of drug-likeness (QED) is 0.256. The largest absolute Gasteiger partial charge is 0.462 e. The van der Waals surface area contributed by atoms with Crippen LogP contribution >= 0.6 is 0 Å². The highest BCUT2D eigenvalue weighted by atomic mass is 16.6. The summed E-state index contributed by atoms with van der Waals surface area (Å²) in [7, 11) is 0. The summed E-state index contributed by atoms with van der Waals surface area (Å²) < 4.78 is 35.9. The summed E-state index contributed by atoms with van der Waals surface area (Å²) in [5.74, 6) is -5.00. The third-order valence-electron chi connectivity index (χ3n) is 11.0. The molecule has 3 aliphatic carbocycles. The number of benzene rings is 1. The first-order chi connectivity index (χ1) is 22.3. The van der Waals surface area contributed by atoms with E-state index in [2.05, 4.69) is 0 Å². The normalized spacial score (nSPS) is 38.0. The van der Waals surface area contributed by atoms with Crippen LogP contribution in [0.4, 0.5) is 0 Å². The van der Waals surface area contributed by atoms with Crippen LogP contribution in [0.25, 0.3) is 0 Å². The topological polar surface area (TPSA) is 181 Å². The van der Waals surface area contributed by atoms with Gasteiger partial charge in [-0.05, 0) is 30.2 Å². The molecule has 0 amide bonds. The summed E-state index contributed by atoms with van der Waals surface area (Å²) in [5.41, 5.74) is -6.15. The molecule has 0 radical (unpaired) electrons. The second-order valence-corrected chi connectivity index (χ2v) is 14.1. The number of aliphatic hydroxyl groups is 2. The monoisotopic (exact) mass is 672 g/mol. The Labute approximate surface area is 278 Å². The van der Waals surface area contributed by atoms with E-state index in [1.807, 2.05) is 0 Å². The van der Waals surface area contributed by atoms with E-state index in [4.69, 9.17) is 28.4 Å². The molecule has 1 aromatic rings. The lowest BCUT2D eigenvalue weighted by Gasteiger charge is -2.69. The van der Waals surface area contributed by atoms with Crippen LogP contribution in [0.3, 0.4) is 0 Å². The summed E-state index contributed by atoms with van der Waals surface area (Å²) in [6.07, 6.45) is -8.33. The number of hydrogen-bond donors (Lipinski definition) is 2. The number of ether oxygens (including phenoxy) is 6. The third-order valence-corrected chi connectivity index (χ3v) is 11.0. The predicted octanol–water partition coefficient (Wildman–Crippen LogP) is 2.59. The number of aliphatic hydroxyl groups excluding tert-OH is 1. The minimum Gasteiger partial charge on any atom is -0.462 e. The first-order valence-corrected chi connectivity index (χ1v) is 16.0. The number of esters is 5. The van der Waals surface area contributed by atoms with E-state index in [0.29, 0.717) is 5.57 Å². The van der Waals surface area contributed by atoms with Crippen molar-refractivity contribution in [2.24, 2.45) is 16.7 Å². The van der Waals surface area contributed by atoms with Crippen LogP contribution < -0.4 is 0 Å². The molecule has 5 rings (SSSR count). The lowest BCUT2D eigenvalue weighted by Crippen LogP contribution is -2.82. The van der Waals surface area contributed by atoms with Crippen LogP contribution in [0.1, 0.15) is 78.6 Å². The maximum atomic E-state index is 14.0. The Kier molecular flexibility index (Phi) is 9.07. The molecule has 13 nitrogen and oxygen atoms in total. The van der Waals surface area contributed by atoms with Crippen LogP contribution in [-0.2, 0) is 47.6 Å². The fourth-order valence-corrected chi connectivity index (χ4v) is 8.81. The van der Waals surface area contributed by atoms with Crippen molar-refractivity contribution in [2.45, 2.75) is 116 Å². The van der Waals surface area contributed by atoms with Crippen LogP contribution in [0.15, 0.2) is 41.5 Å². The number of carbonyl (C=O) groups excluding carboxylic acids is 5. The highest BCUT2D eigenvalue weighted by Gasteiger charge is 2.78. The lowest BCUT2D eigenvalue weighted by atomic mass is 9.44. The molecule has 262 valence electrons. The molecule has 1 aliphatic heterocycles. The van der Waals surface area contributed by atoms with Crippen molar-refractivity contribution < 1.29 is 62.6 Å². The van der Waals surface area contributed by atoms with Gasteiger partial charge in [0.05, 0.1) is 18.1 Å². The molecule has 10 atom stereocenters. The molecule has 4 aliphatic rings. The minimum atomic E-state index is -2.15. The van der Waals surface area contributed by atoms with Gasteiger partial charge in [0.25, 0.3) is 0 Å². The number of fused-ring (bicyclic) bond motifs is 5. The zero-order valence-corrected chi connectivity index (χ0v) is 28.4. The molecule has 0 unspecified atom stereocenters. The van der Waals surface area contributed by atoms with E-state index in [9.17, 15) is 34.2 Å². The molecule has 2 bridgehead atoms. The molecule has 2 N–H and O–H groups in total. The highest BCUT2D eigenvalue weighted by Crippen LogP contribution is 2.65. The van der Waals surface area contributed by atoms with Crippen molar-refractivity contribution in [3.8, 4) is 0 Å². The van der Waals surface area contributed by atoms with Gasteiger partial charge in [-0.2, -0.15) is 0 Å². The van der Waals surface area contributed by atoms with E-state index in [1.165, 1.54) is 32.9 Å². The van der Waals surface area contributed by atoms with E-state index in [1.54, 1.807) is 45.9 Å². The maximum Gasteiger partial charge on any atom is 0.338 e. The molecular weight excluding hydrogens is 628 g/mol. The van der Waals surface area contributed by atoms with Gasteiger partial charge >= 0.3 is 29.8 Å². The standard InChI is InChI=1S/C35H44O13/c1-17-23(44-18(2)36)15-35(42)30(47-31(41)22-12-10-9-11-13-22)28-33(8,29(40)27(46-20(4)38)26(17)32(35,6)7)24(45-19(3)37)14-25-34(28,16-43-25)48-21(5)39/h9-13,23-25,27-30,40,42H,14-16H2,1-8H3/t23-,24-,25+,27+,28-,29-,30-,33+,34-,35+/m0/s1. The second-order valence-electron chi connectivity index (χ2n) is 14.1. The minimum absolute atomic E-state index is 0.0427. The fourth-order valence-electron chi connectivity index (χ4n) is 8.81. The Morgan fingerprint density at radius 1 is 0.854 bits per heavy atom. The maximum absolute atomic E-state index is 14.0. The van der Waals surface area contributed by atoms with E-state index < -0.39 is 94.4 Å². The predicted molar refractivity (Wildman–Crippen MR) is 165 cm³/mol. The van der Waals surface area contributed by atoms with Crippen LogP contribution in [-0.4, -0.2) is 94.5 Å². The molecular formula is C35H44O13. The molecule has 13 heteroatoms. The molecule has 0 aromatic heterocycles. The molecule has 1 heterocycles. The zero-order valence-electron chi connectivity index (χ0n) is 28.4. The number of rotatable bonds is 6. The van der Waals surface area contributed by atoms with Gasteiger partial charge in [0.15, 0.2) is 11.7 Å². The number of hydrogen-bond acceptors (Lipinski definition) is 13. The molecule has 0 spiro atoms. The Morgan fingerprint density at radius 2 is 1.46 bits per heavy atom. The first kappa shape index (κ1) is 35.5. The van der Waals surface area contributed by atoms with Gasteiger partial charge in [0.2, 0.25) is 0 Å². The van der Waals surface area contributed by atoms with Gasteiger partial charge in [-0.15, -0.1) is 0 Å². The second kappa shape index (κ2) is 12.3. The molecule has 2 saturated carbocycles. The number of carbonyl (C=O) groups is 5. The Balaban J connectivity index is 1.89. The third kappa shape index (κ3) is 5.39. The van der Waals surface area contributed by atoms with Gasteiger partial charge in [-0.25, -0.2) is 4.79 Å². The van der Waals surface area contributed by atoms with Gasteiger partial charge in [0, 0.05) is 51.4 Å². The molecule has 48 heavy (non-hydrogen) atoms. The smallest absolute Gasteiger partial charge is 0.338 e. The lowest BCUT2D eigenvalue weighted by molar-refractivity contribution is -0.365. The molecule has 1 saturated heterocycles. The molecule has 1 aromatic carbocycles. The average Bonchev–Trinajstić information content (AvgIpc) is 2.97. The Bertz CT molecular complexity index is 1530. The average molecular weight is 673 g/mol. The summed E-state index contributed by atoms with van der Waals surface area (Å²) in [5, 5.41) is 26.0.